The highest BCUT2D eigenvalue weighted by Crippen LogP contribution is 2.34. The molecule has 4 nitrogen and oxygen atoms in total. The number of ether oxygens (including phenoxy) is 1. The smallest absolute Gasteiger partial charge is 0.325 e. The Hall–Kier alpha value is -0.610. The van der Waals surface area contributed by atoms with Gasteiger partial charge in [-0.2, -0.15) is 0 Å². The van der Waals surface area contributed by atoms with Gasteiger partial charge in [0.1, 0.15) is 5.54 Å². The van der Waals surface area contributed by atoms with E-state index in [2.05, 4.69) is 24.1 Å². The number of hydrogen-bond donors (Lipinski definition) is 1. The summed E-state index contributed by atoms with van der Waals surface area (Å²) in [4.78, 5) is 14.3. The van der Waals surface area contributed by atoms with Crippen LogP contribution in [0, 0.1) is 5.41 Å². The van der Waals surface area contributed by atoms with E-state index < -0.39 is 5.54 Å². The van der Waals surface area contributed by atoms with E-state index in [-0.39, 0.29) is 5.97 Å². The number of nitrogens with zero attached hydrogens (tertiary/aromatic N) is 1. The average Bonchev–Trinajstić information content (AvgIpc) is 2.45. The second-order valence-corrected chi connectivity index (χ2v) is 6.33. The topological polar surface area (TPSA) is 41.6 Å². The monoisotopic (exact) mass is 270 g/mol. The van der Waals surface area contributed by atoms with Crippen LogP contribution in [0.1, 0.15) is 46.5 Å². The molecule has 1 fully saturated rings. The van der Waals surface area contributed by atoms with E-state index in [4.69, 9.17) is 4.74 Å². The number of esters is 1. The van der Waals surface area contributed by atoms with Gasteiger partial charge in [0.05, 0.1) is 7.11 Å². The molecule has 1 heterocycles. The van der Waals surface area contributed by atoms with Gasteiger partial charge in [-0.1, -0.05) is 20.3 Å². The maximum Gasteiger partial charge on any atom is 0.325 e. The van der Waals surface area contributed by atoms with Crippen LogP contribution < -0.4 is 5.32 Å². The van der Waals surface area contributed by atoms with E-state index in [0.29, 0.717) is 5.41 Å². The van der Waals surface area contributed by atoms with Crippen molar-refractivity contribution in [2.75, 3.05) is 33.8 Å². The van der Waals surface area contributed by atoms with Gasteiger partial charge < -0.3 is 15.0 Å². The lowest BCUT2D eigenvalue weighted by Crippen LogP contribution is -2.51. The molecule has 0 spiro atoms. The van der Waals surface area contributed by atoms with Crippen LogP contribution in [0.15, 0.2) is 0 Å². The lowest BCUT2D eigenvalue weighted by Gasteiger charge is -2.40. The number of piperidine rings is 1. The SMILES string of the molecule is CCC1(C)CCN(CCC(C)(NC)C(=O)OC)CC1. The fraction of sp³-hybridized carbons (Fsp3) is 0.933. The van der Waals surface area contributed by atoms with Crippen LogP contribution in [-0.2, 0) is 9.53 Å². The first-order valence-electron chi connectivity index (χ1n) is 7.39. The Morgan fingerprint density at radius 1 is 1.42 bits per heavy atom. The Morgan fingerprint density at radius 3 is 2.42 bits per heavy atom. The third-order valence-electron chi connectivity index (χ3n) is 5.03. The molecule has 0 amide bonds. The van der Waals surface area contributed by atoms with Crippen LogP contribution in [0.3, 0.4) is 0 Å². The number of carbonyl (C=O) groups excluding carboxylic acids is 1. The first-order valence-corrected chi connectivity index (χ1v) is 7.39. The number of rotatable bonds is 6. The number of likely N-dealkylation sites (tertiary alicyclic amines) is 1. The molecule has 112 valence electrons. The van der Waals surface area contributed by atoms with Gasteiger partial charge in [-0.25, -0.2) is 0 Å². The molecule has 0 bridgehead atoms. The molecule has 1 atom stereocenters. The Kier molecular flexibility index (Phi) is 5.81. The Labute approximate surface area is 117 Å². The highest BCUT2D eigenvalue weighted by Gasteiger charge is 2.34. The predicted octanol–water partition coefficient (Wildman–Crippen LogP) is 2.04. The first-order chi connectivity index (χ1) is 8.89. The summed E-state index contributed by atoms with van der Waals surface area (Å²) in [5, 5.41) is 3.09. The number of likely N-dealkylation sites (N-methyl/N-ethyl adjacent to an activating group) is 1. The molecule has 4 heteroatoms. The second kappa shape index (κ2) is 6.71. The van der Waals surface area contributed by atoms with Gasteiger partial charge in [-0.15, -0.1) is 0 Å². The molecule has 0 aromatic carbocycles. The molecule has 1 rings (SSSR count). The van der Waals surface area contributed by atoms with Crippen molar-refractivity contribution in [3.05, 3.63) is 0 Å². The van der Waals surface area contributed by atoms with Crippen LogP contribution in [0.4, 0.5) is 0 Å². The lowest BCUT2D eigenvalue weighted by molar-refractivity contribution is -0.148. The van der Waals surface area contributed by atoms with E-state index >= 15 is 0 Å². The van der Waals surface area contributed by atoms with E-state index in [1.807, 2.05) is 14.0 Å². The van der Waals surface area contributed by atoms with Crippen molar-refractivity contribution in [1.29, 1.82) is 0 Å². The molecule has 1 saturated heterocycles. The molecule has 1 aliphatic heterocycles. The molecule has 0 radical (unpaired) electrons. The summed E-state index contributed by atoms with van der Waals surface area (Å²) >= 11 is 0. The quantitative estimate of drug-likeness (QED) is 0.750. The van der Waals surface area contributed by atoms with Gasteiger partial charge in [0.2, 0.25) is 0 Å². The lowest BCUT2D eigenvalue weighted by atomic mass is 9.78. The molecule has 19 heavy (non-hydrogen) atoms. The maximum absolute atomic E-state index is 11.8. The number of carbonyl (C=O) groups is 1. The molecule has 1 unspecified atom stereocenters. The van der Waals surface area contributed by atoms with Crippen LogP contribution in [0.2, 0.25) is 0 Å². The molecule has 0 saturated carbocycles. The van der Waals surface area contributed by atoms with Crippen molar-refractivity contribution in [2.24, 2.45) is 5.41 Å². The first kappa shape index (κ1) is 16.4. The zero-order chi connectivity index (χ0) is 14.5. The molecule has 0 aromatic heterocycles. The number of methoxy groups -OCH3 is 1. The highest BCUT2D eigenvalue weighted by atomic mass is 16.5. The summed E-state index contributed by atoms with van der Waals surface area (Å²) in [6.45, 7) is 9.82. The second-order valence-electron chi connectivity index (χ2n) is 6.33. The van der Waals surface area contributed by atoms with Gasteiger partial charge in [0.25, 0.3) is 0 Å². The number of nitrogens with one attached hydrogen (secondary N) is 1. The van der Waals surface area contributed by atoms with Crippen molar-refractivity contribution in [3.63, 3.8) is 0 Å². The summed E-state index contributed by atoms with van der Waals surface area (Å²) in [6.07, 6.45) is 4.58. The molecule has 0 aliphatic carbocycles. The van der Waals surface area contributed by atoms with E-state index in [0.717, 1.165) is 26.1 Å². The zero-order valence-electron chi connectivity index (χ0n) is 13.2. The third kappa shape index (κ3) is 4.18. The standard InChI is InChI=1S/C15H30N2O2/c1-6-14(2)7-10-17(11-8-14)12-9-15(3,16-4)13(18)19-5/h16H,6-12H2,1-5H3. The molecule has 1 N–H and O–H groups in total. The maximum atomic E-state index is 11.8. The Bertz CT molecular complexity index is 299. The van der Waals surface area contributed by atoms with Gasteiger partial charge >= 0.3 is 5.97 Å². The van der Waals surface area contributed by atoms with Gasteiger partial charge in [-0.05, 0) is 51.7 Å². The fourth-order valence-electron chi connectivity index (χ4n) is 2.61. The molecular weight excluding hydrogens is 240 g/mol. The van der Waals surface area contributed by atoms with Crippen LogP contribution in [0.25, 0.3) is 0 Å². The average molecular weight is 270 g/mol. The number of hydrogen-bond acceptors (Lipinski definition) is 4. The highest BCUT2D eigenvalue weighted by molar-refractivity contribution is 5.80. The summed E-state index contributed by atoms with van der Waals surface area (Å²) in [5.41, 5.74) is -0.0502. The largest absolute Gasteiger partial charge is 0.468 e. The summed E-state index contributed by atoms with van der Waals surface area (Å²) in [7, 11) is 3.27. The van der Waals surface area contributed by atoms with Crippen LogP contribution >= 0.6 is 0 Å². The molecular formula is C15H30N2O2. The van der Waals surface area contributed by atoms with Gasteiger partial charge in [-0.3, -0.25) is 4.79 Å². The van der Waals surface area contributed by atoms with Crippen molar-refractivity contribution in [3.8, 4) is 0 Å². The van der Waals surface area contributed by atoms with E-state index in [1.54, 1.807) is 0 Å². The predicted molar refractivity (Wildman–Crippen MR) is 78.2 cm³/mol. The Balaban J connectivity index is 2.43. The normalized spacial score (nSPS) is 22.8. The third-order valence-corrected chi connectivity index (χ3v) is 5.03. The van der Waals surface area contributed by atoms with Crippen LogP contribution in [-0.4, -0.2) is 50.2 Å². The summed E-state index contributed by atoms with van der Waals surface area (Å²) < 4.78 is 4.88. The summed E-state index contributed by atoms with van der Waals surface area (Å²) in [6, 6.07) is 0. The van der Waals surface area contributed by atoms with Crippen molar-refractivity contribution in [2.45, 2.75) is 52.0 Å². The van der Waals surface area contributed by atoms with Crippen molar-refractivity contribution < 1.29 is 9.53 Å². The minimum Gasteiger partial charge on any atom is -0.468 e. The van der Waals surface area contributed by atoms with Crippen molar-refractivity contribution in [1.82, 2.24) is 10.2 Å². The summed E-state index contributed by atoms with van der Waals surface area (Å²) in [5.74, 6) is -0.176. The molecule has 0 aromatic rings. The van der Waals surface area contributed by atoms with Gasteiger partial charge in [0, 0.05) is 6.54 Å². The minimum absolute atomic E-state index is 0.176. The zero-order valence-corrected chi connectivity index (χ0v) is 13.2. The fourth-order valence-corrected chi connectivity index (χ4v) is 2.61. The van der Waals surface area contributed by atoms with Crippen LogP contribution in [0.5, 0.6) is 0 Å². The van der Waals surface area contributed by atoms with Crippen molar-refractivity contribution >= 4 is 5.97 Å². The Morgan fingerprint density at radius 2 is 2.00 bits per heavy atom. The molecule has 1 aliphatic rings. The van der Waals surface area contributed by atoms with Gasteiger partial charge in [0.15, 0.2) is 0 Å². The van der Waals surface area contributed by atoms with E-state index in [9.17, 15) is 4.79 Å². The van der Waals surface area contributed by atoms with E-state index in [1.165, 1.54) is 26.4 Å². The minimum atomic E-state index is -0.569.